The summed E-state index contributed by atoms with van der Waals surface area (Å²) in [7, 11) is 0. The zero-order valence-electron chi connectivity index (χ0n) is 10.1. The average molecular weight is 266 g/mol. The van der Waals surface area contributed by atoms with Gasteiger partial charge >= 0.3 is 0 Å². The van der Waals surface area contributed by atoms with E-state index in [0.717, 1.165) is 0 Å². The summed E-state index contributed by atoms with van der Waals surface area (Å²) in [6, 6.07) is 7.99. The van der Waals surface area contributed by atoms with Crippen LogP contribution in [0.4, 0.5) is 10.2 Å². The van der Waals surface area contributed by atoms with Crippen molar-refractivity contribution in [2.24, 2.45) is 0 Å². The van der Waals surface area contributed by atoms with Gasteiger partial charge in [0.25, 0.3) is 0 Å². The fourth-order valence-electron chi connectivity index (χ4n) is 1.54. The van der Waals surface area contributed by atoms with Crippen LogP contribution in [0.2, 0.25) is 5.15 Å². The normalized spacial score (nSPS) is 10.7. The van der Waals surface area contributed by atoms with Gasteiger partial charge in [0.2, 0.25) is 0 Å². The van der Waals surface area contributed by atoms with Crippen molar-refractivity contribution >= 4 is 17.4 Å². The highest BCUT2D eigenvalue weighted by Crippen LogP contribution is 2.21. The Bertz CT molecular complexity index is 558. The van der Waals surface area contributed by atoms with E-state index in [1.807, 2.05) is 13.8 Å². The molecule has 1 N–H and O–H groups in total. The van der Waals surface area contributed by atoms with Gasteiger partial charge in [-0.3, -0.25) is 0 Å². The third-order valence-corrected chi connectivity index (χ3v) is 2.41. The van der Waals surface area contributed by atoms with Crippen molar-refractivity contribution in [1.82, 2.24) is 9.97 Å². The Morgan fingerprint density at radius 2 is 2.00 bits per heavy atom. The number of rotatable bonds is 3. The smallest absolute Gasteiger partial charge is 0.163 e. The molecule has 0 radical (unpaired) electrons. The third-order valence-electron chi connectivity index (χ3n) is 2.21. The molecule has 2 aromatic rings. The van der Waals surface area contributed by atoms with Crippen LogP contribution < -0.4 is 5.32 Å². The summed E-state index contributed by atoms with van der Waals surface area (Å²) >= 11 is 5.94. The fourth-order valence-corrected chi connectivity index (χ4v) is 1.73. The van der Waals surface area contributed by atoms with Crippen molar-refractivity contribution in [2.45, 2.75) is 19.9 Å². The largest absolute Gasteiger partial charge is 0.368 e. The summed E-state index contributed by atoms with van der Waals surface area (Å²) in [5.74, 6) is 0.712. The van der Waals surface area contributed by atoms with Gasteiger partial charge in [0.1, 0.15) is 16.8 Å². The summed E-state index contributed by atoms with van der Waals surface area (Å²) in [4.78, 5) is 8.41. The summed E-state index contributed by atoms with van der Waals surface area (Å²) in [5.41, 5.74) is 0.601. The molecule has 0 aliphatic heterocycles. The first-order chi connectivity index (χ1) is 8.54. The van der Waals surface area contributed by atoms with Crippen LogP contribution in [-0.2, 0) is 0 Å². The van der Waals surface area contributed by atoms with Crippen molar-refractivity contribution < 1.29 is 4.39 Å². The monoisotopic (exact) mass is 265 g/mol. The van der Waals surface area contributed by atoms with Crippen LogP contribution in [0, 0.1) is 5.82 Å². The Morgan fingerprint density at radius 3 is 2.67 bits per heavy atom. The molecule has 1 aromatic heterocycles. The fraction of sp³-hybridized carbons (Fsp3) is 0.231. The molecule has 94 valence electrons. The number of nitrogens with one attached hydrogen (secondary N) is 1. The van der Waals surface area contributed by atoms with Gasteiger partial charge < -0.3 is 5.32 Å². The van der Waals surface area contributed by atoms with Crippen molar-refractivity contribution in [1.29, 1.82) is 0 Å². The second-order valence-electron chi connectivity index (χ2n) is 4.21. The lowest BCUT2D eigenvalue weighted by Gasteiger charge is -2.10. The summed E-state index contributed by atoms with van der Waals surface area (Å²) in [6.45, 7) is 4.00. The predicted octanol–water partition coefficient (Wildman–Crippen LogP) is 3.76. The minimum Gasteiger partial charge on any atom is -0.368 e. The highest BCUT2D eigenvalue weighted by Gasteiger charge is 2.07. The van der Waals surface area contributed by atoms with E-state index in [0.29, 0.717) is 22.4 Å². The highest BCUT2D eigenvalue weighted by molar-refractivity contribution is 6.29. The maximum absolute atomic E-state index is 13.2. The summed E-state index contributed by atoms with van der Waals surface area (Å²) in [6.07, 6.45) is 0. The Morgan fingerprint density at radius 1 is 1.22 bits per heavy atom. The molecule has 18 heavy (non-hydrogen) atoms. The topological polar surface area (TPSA) is 37.8 Å². The van der Waals surface area contributed by atoms with Crippen LogP contribution in [0.25, 0.3) is 11.4 Å². The molecule has 0 spiro atoms. The Labute approximate surface area is 110 Å². The first-order valence-electron chi connectivity index (χ1n) is 5.61. The van der Waals surface area contributed by atoms with Gasteiger partial charge in [-0.25, -0.2) is 14.4 Å². The first-order valence-corrected chi connectivity index (χ1v) is 5.99. The van der Waals surface area contributed by atoms with Crippen LogP contribution in [0.1, 0.15) is 13.8 Å². The second-order valence-corrected chi connectivity index (χ2v) is 4.60. The minimum atomic E-state index is -0.325. The molecule has 3 nitrogen and oxygen atoms in total. The Balaban J connectivity index is 2.41. The van der Waals surface area contributed by atoms with Crippen LogP contribution in [0.5, 0.6) is 0 Å². The molecule has 0 amide bonds. The van der Waals surface area contributed by atoms with Gasteiger partial charge in [-0.1, -0.05) is 23.7 Å². The van der Waals surface area contributed by atoms with E-state index in [1.54, 1.807) is 18.2 Å². The number of hydrogen-bond donors (Lipinski definition) is 1. The van der Waals surface area contributed by atoms with Crippen molar-refractivity contribution in [3.63, 3.8) is 0 Å². The molecule has 0 aliphatic carbocycles. The van der Waals surface area contributed by atoms with E-state index < -0.39 is 0 Å². The van der Waals surface area contributed by atoms with E-state index in [4.69, 9.17) is 11.6 Å². The van der Waals surface area contributed by atoms with E-state index in [2.05, 4.69) is 15.3 Å². The molecule has 0 aliphatic rings. The lowest BCUT2D eigenvalue weighted by atomic mass is 10.2. The molecule has 5 heteroatoms. The molecule has 1 aromatic carbocycles. The van der Waals surface area contributed by atoms with Crippen LogP contribution in [-0.4, -0.2) is 16.0 Å². The first kappa shape index (κ1) is 12.8. The maximum Gasteiger partial charge on any atom is 0.163 e. The number of anilines is 1. The average Bonchev–Trinajstić information content (AvgIpc) is 2.27. The predicted molar refractivity (Wildman–Crippen MR) is 71.2 cm³/mol. The molecular formula is C13H13ClFN3. The van der Waals surface area contributed by atoms with Gasteiger partial charge in [0.05, 0.1) is 0 Å². The van der Waals surface area contributed by atoms with E-state index in [9.17, 15) is 4.39 Å². The molecule has 1 heterocycles. The molecule has 0 saturated carbocycles. The minimum absolute atomic E-state index is 0.233. The van der Waals surface area contributed by atoms with Gasteiger partial charge in [-0.15, -0.1) is 0 Å². The SMILES string of the molecule is CC(C)Nc1cc(Cl)nc(-c2cccc(F)c2)n1. The number of benzene rings is 1. The standard InChI is InChI=1S/C13H13ClFN3/c1-8(2)16-12-7-11(14)17-13(18-12)9-4-3-5-10(15)6-9/h3-8H,1-2H3,(H,16,17,18). The van der Waals surface area contributed by atoms with Crippen LogP contribution >= 0.6 is 11.6 Å². The third kappa shape index (κ3) is 3.17. The number of nitrogens with zero attached hydrogens (tertiary/aromatic N) is 2. The van der Waals surface area contributed by atoms with Gasteiger partial charge in [0, 0.05) is 17.7 Å². The zero-order chi connectivity index (χ0) is 13.1. The molecule has 0 fully saturated rings. The highest BCUT2D eigenvalue weighted by atomic mass is 35.5. The number of halogens is 2. The van der Waals surface area contributed by atoms with E-state index >= 15 is 0 Å². The molecule has 0 atom stereocenters. The molecule has 0 saturated heterocycles. The lowest BCUT2D eigenvalue weighted by molar-refractivity contribution is 0.628. The lowest BCUT2D eigenvalue weighted by Crippen LogP contribution is -2.11. The number of hydrogen-bond acceptors (Lipinski definition) is 3. The van der Waals surface area contributed by atoms with E-state index in [1.165, 1.54) is 12.1 Å². The molecule has 2 rings (SSSR count). The van der Waals surface area contributed by atoms with Crippen LogP contribution in [0.3, 0.4) is 0 Å². The molecular weight excluding hydrogens is 253 g/mol. The Kier molecular flexibility index (Phi) is 3.77. The molecule has 0 bridgehead atoms. The number of aromatic nitrogens is 2. The van der Waals surface area contributed by atoms with Crippen molar-refractivity contribution in [3.8, 4) is 11.4 Å². The van der Waals surface area contributed by atoms with Gasteiger partial charge in [0.15, 0.2) is 5.82 Å². The quantitative estimate of drug-likeness (QED) is 0.859. The van der Waals surface area contributed by atoms with E-state index in [-0.39, 0.29) is 11.9 Å². The Hall–Kier alpha value is -1.68. The summed E-state index contributed by atoms with van der Waals surface area (Å²) in [5, 5.41) is 3.47. The van der Waals surface area contributed by atoms with Gasteiger partial charge in [-0.2, -0.15) is 0 Å². The van der Waals surface area contributed by atoms with Crippen LogP contribution in [0.15, 0.2) is 30.3 Å². The molecule has 0 unspecified atom stereocenters. The second kappa shape index (κ2) is 5.31. The van der Waals surface area contributed by atoms with Gasteiger partial charge in [-0.05, 0) is 26.0 Å². The maximum atomic E-state index is 13.2. The zero-order valence-corrected chi connectivity index (χ0v) is 10.9. The van der Waals surface area contributed by atoms with Crippen molar-refractivity contribution in [3.05, 3.63) is 41.3 Å². The summed E-state index contributed by atoms with van der Waals surface area (Å²) < 4.78 is 13.2. The van der Waals surface area contributed by atoms with Crippen molar-refractivity contribution in [2.75, 3.05) is 5.32 Å².